The summed E-state index contributed by atoms with van der Waals surface area (Å²) in [4.78, 5) is 31.9. The first-order chi connectivity index (χ1) is 16.0. The van der Waals surface area contributed by atoms with Gasteiger partial charge in [0.1, 0.15) is 17.6 Å². The standard InChI is InChI=1S/C26H20ClFN2O3/c27-19-14-18(10-11-20(19)28)30-23(21-7-3-4-12-29-21)22(25(32)26(30)33)24(31)17-9-8-15-5-1-2-6-16(15)13-17/h3-4,7-14,23,31H,1-2,5-6H2/b24-22-. The maximum absolute atomic E-state index is 13.8. The van der Waals surface area contributed by atoms with Gasteiger partial charge in [-0.3, -0.25) is 19.5 Å². The Morgan fingerprint density at radius 1 is 1.03 bits per heavy atom. The number of benzene rings is 2. The molecule has 1 N–H and O–H groups in total. The van der Waals surface area contributed by atoms with E-state index in [1.165, 1.54) is 22.6 Å². The van der Waals surface area contributed by atoms with Crippen molar-refractivity contribution in [2.75, 3.05) is 4.90 Å². The van der Waals surface area contributed by atoms with Gasteiger partial charge in [0.15, 0.2) is 0 Å². The summed E-state index contributed by atoms with van der Waals surface area (Å²) in [6.07, 6.45) is 5.64. The minimum atomic E-state index is -0.983. The highest BCUT2D eigenvalue weighted by atomic mass is 35.5. The number of aliphatic hydroxyl groups excluding tert-OH is 1. The van der Waals surface area contributed by atoms with Crippen LogP contribution in [0.25, 0.3) is 5.76 Å². The smallest absolute Gasteiger partial charge is 0.300 e. The van der Waals surface area contributed by atoms with E-state index in [0.29, 0.717) is 11.3 Å². The van der Waals surface area contributed by atoms with Crippen LogP contribution in [-0.2, 0) is 22.4 Å². The van der Waals surface area contributed by atoms with Gasteiger partial charge >= 0.3 is 0 Å². The Morgan fingerprint density at radius 3 is 2.55 bits per heavy atom. The fourth-order valence-corrected chi connectivity index (χ4v) is 4.76. The molecule has 1 aromatic heterocycles. The Bertz CT molecular complexity index is 1310. The second-order valence-electron chi connectivity index (χ2n) is 8.21. The third-order valence-electron chi connectivity index (χ3n) is 6.22. The Labute approximate surface area is 195 Å². The predicted octanol–water partition coefficient (Wildman–Crippen LogP) is 5.38. The SMILES string of the molecule is O=C1C(=O)N(c2ccc(F)c(Cl)c2)C(c2ccccn2)/C1=C(/O)c1ccc2c(c1)CCCC2. The van der Waals surface area contributed by atoms with Crippen molar-refractivity contribution in [3.05, 3.63) is 99.6 Å². The van der Waals surface area contributed by atoms with Crippen molar-refractivity contribution in [1.29, 1.82) is 0 Å². The molecule has 33 heavy (non-hydrogen) atoms. The number of nitrogens with zero attached hydrogens (tertiary/aromatic N) is 2. The number of hydrogen-bond acceptors (Lipinski definition) is 4. The van der Waals surface area contributed by atoms with Crippen molar-refractivity contribution >= 4 is 34.7 Å². The van der Waals surface area contributed by atoms with Gasteiger partial charge in [-0.05, 0) is 73.2 Å². The maximum Gasteiger partial charge on any atom is 0.300 e. The molecule has 2 aliphatic rings. The fraction of sp³-hybridized carbons (Fsp3) is 0.192. The zero-order valence-electron chi connectivity index (χ0n) is 17.6. The van der Waals surface area contributed by atoms with Gasteiger partial charge in [-0.1, -0.05) is 29.8 Å². The molecule has 3 aromatic rings. The first-order valence-corrected chi connectivity index (χ1v) is 11.1. The molecule has 1 saturated heterocycles. The first-order valence-electron chi connectivity index (χ1n) is 10.7. The van der Waals surface area contributed by atoms with Crippen molar-refractivity contribution in [2.45, 2.75) is 31.7 Å². The topological polar surface area (TPSA) is 70.5 Å². The van der Waals surface area contributed by atoms with Crippen molar-refractivity contribution < 1.29 is 19.1 Å². The van der Waals surface area contributed by atoms with Crippen LogP contribution in [0.3, 0.4) is 0 Å². The lowest BCUT2D eigenvalue weighted by atomic mass is 9.89. The van der Waals surface area contributed by atoms with E-state index < -0.39 is 23.5 Å². The molecule has 2 aromatic carbocycles. The monoisotopic (exact) mass is 462 g/mol. The second kappa shape index (κ2) is 8.45. The molecule has 7 heteroatoms. The van der Waals surface area contributed by atoms with Gasteiger partial charge in [-0.15, -0.1) is 0 Å². The number of rotatable bonds is 3. The molecule has 0 spiro atoms. The number of aromatic nitrogens is 1. The lowest BCUT2D eigenvalue weighted by molar-refractivity contribution is -0.132. The van der Waals surface area contributed by atoms with Gasteiger partial charge in [0.25, 0.3) is 11.7 Å². The lowest BCUT2D eigenvalue weighted by Gasteiger charge is -2.25. The van der Waals surface area contributed by atoms with Crippen molar-refractivity contribution in [3.8, 4) is 0 Å². The largest absolute Gasteiger partial charge is 0.507 e. The maximum atomic E-state index is 13.8. The van der Waals surface area contributed by atoms with Gasteiger partial charge in [0.05, 0.1) is 16.3 Å². The van der Waals surface area contributed by atoms with Crippen LogP contribution < -0.4 is 4.90 Å². The Kier molecular flexibility index (Phi) is 5.46. The van der Waals surface area contributed by atoms with Gasteiger partial charge < -0.3 is 5.11 Å². The summed E-state index contributed by atoms with van der Waals surface area (Å²) < 4.78 is 13.8. The third-order valence-corrected chi connectivity index (χ3v) is 6.51. The molecule has 5 rings (SSSR count). The molecular formula is C26H20ClFN2O3. The van der Waals surface area contributed by atoms with Crippen molar-refractivity contribution in [2.24, 2.45) is 0 Å². The molecule has 1 atom stereocenters. The normalized spacial score (nSPS) is 19.6. The van der Waals surface area contributed by atoms with E-state index in [2.05, 4.69) is 4.98 Å². The van der Waals surface area contributed by atoms with Gasteiger partial charge in [0, 0.05) is 17.4 Å². The van der Waals surface area contributed by atoms with E-state index in [0.717, 1.165) is 37.3 Å². The summed E-state index contributed by atoms with van der Waals surface area (Å²) in [5, 5.41) is 11.1. The van der Waals surface area contributed by atoms with Crippen LogP contribution in [0.5, 0.6) is 0 Å². The molecule has 2 heterocycles. The molecule has 1 unspecified atom stereocenters. The fourth-order valence-electron chi connectivity index (χ4n) is 4.59. The summed E-state index contributed by atoms with van der Waals surface area (Å²) in [6.45, 7) is 0. The number of amides is 1. The molecule has 166 valence electrons. The quantitative estimate of drug-likeness (QED) is 0.322. The second-order valence-corrected chi connectivity index (χ2v) is 8.62. The number of fused-ring (bicyclic) bond motifs is 1. The van der Waals surface area contributed by atoms with E-state index in [4.69, 9.17) is 11.6 Å². The molecule has 1 aliphatic heterocycles. The predicted molar refractivity (Wildman–Crippen MR) is 124 cm³/mol. The van der Waals surface area contributed by atoms with Gasteiger partial charge in [-0.2, -0.15) is 0 Å². The van der Waals surface area contributed by atoms with E-state index in [9.17, 15) is 19.1 Å². The van der Waals surface area contributed by atoms with Crippen LogP contribution in [-0.4, -0.2) is 21.8 Å². The summed E-state index contributed by atoms with van der Waals surface area (Å²) in [6, 6.07) is 13.6. The molecule has 1 fully saturated rings. The molecule has 5 nitrogen and oxygen atoms in total. The first kappa shape index (κ1) is 21.3. The summed E-state index contributed by atoms with van der Waals surface area (Å²) in [7, 11) is 0. The van der Waals surface area contributed by atoms with Crippen LogP contribution in [0.2, 0.25) is 5.02 Å². The number of halogens is 2. The molecule has 0 bridgehead atoms. The Morgan fingerprint density at radius 2 is 1.82 bits per heavy atom. The van der Waals surface area contributed by atoms with E-state index in [-0.39, 0.29) is 22.0 Å². The van der Waals surface area contributed by atoms with Crippen LogP contribution in [0.1, 0.15) is 41.3 Å². The molecule has 0 saturated carbocycles. The number of pyridine rings is 1. The van der Waals surface area contributed by atoms with E-state index in [1.807, 2.05) is 12.1 Å². The van der Waals surface area contributed by atoms with Crippen LogP contribution in [0.4, 0.5) is 10.1 Å². The highest BCUT2D eigenvalue weighted by Gasteiger charge is 2.47. The zero-order chi connectivity index (χ0) is 23.1. The van der Waals surface area contributed by atoms with Crippen LogP contribution >= 0.6 is 11.6 Å². The summed E-state index contributed by atoms with van der Waals surface area (Å²) in [5.74, 6) is -2.57. The highest BCUT2D eigenvalue weighted by Crippen LogP contribution is 2.42. The zero-order valence-corrected chi connectivity index (χ0v) is 18.3. The lowest BCUT2D eigenvalue weighted by Crippen LogP contribution is -2.29. The number of Topliss-reactive ketones (excluding diaryl/α,β-unsaturated/α-hetero) is 1. The van der Waals surface area contributed by atoms with Gasteiger partial charge in [0.2, 0.25) is 0 Å². The molecular weight excluding hydrogens is 443 g/mol. The van der Waals surface area contributed by atoms with Crippen molar-refractivity contribution in [3.63, 3.8) is 0 Å². The van der Waals surface area contributed by atoms with Gasteiger partial charge in [-0.25, -0.2) is 4.39 Å². The number of aliphatic hydroxyl groups is 1. The summed E-state index contributed by atoms with van der Waals surface area (Å²) in [5.41, 5.74) is 3.43. The van der Waals surface area contributed by atoms with Crippen LogP contribution in [0, 0.1) is 5.82 Å². The number of carbonyl (C=O) groups excluding carboxylic acids is 2. The van der Waals surface area contributed by atoms with Crippen LogP contribution in [0.15, 0.2) is 66.4 Å². The van der Waals surface area contributed by atoms with E-state index in [1.54, 1.807) is 30.5 Å². The average molecular weight is 463 g/mol. The highest BCUT2D eigenvalue weighted by molar-refractivity contribution is 6.51. The number of carbonyl (C=O) groups is 2. The van der Waals surface area contributed by atoms with Crippen molar-refractivity contribution in [1.82, 2.24) is 4.98 Å². The Hall–Kier alpha value is -3.51. The number of hydrogen-bond donors (Lipinski definition) is 1. The minimum absolute atomic E-state index is 0.0603. The van der Waals surface area contributed by atoms with E-state index >= 15 is 0 Å². The molecule has 0 radical (unpaired) electrons. The minimum Gasteiger partial charge on any atom is -0.507 e. The summed E-state index contributed by atoms with van der Waals surface area (Å²) >= 11 is 5.96. The Balaban J connectivity index is 1.69. The number of ketones is 1. The number of aryl methyl sites for hydroxylation is 2. The average Bonchev–Trinajstić information content (AvgIpc) is 3.11. The third kappa shape index (κ3) is 3.70. The number of anilines is 1. The molecule has 1 aliphatic carbocycles. The molecule has 1 amide bonds.